The third-order valence-electron chi connectivity index (χ3n) is 3.55. The number of benzene rings is 2. The van der Waals surface area contributed by atoms with Gasteiger partial charge in [-0.2, -0.15) is 0 Å². The molecule has 0 aliphatic carbocycles. The maximum atomic E-state index is 11.2. The van der Waals surface area contributed by atoms with Gasteiger partial charge in [-0.15, -0.1) is 0 Å². The number of anilines is 1. The van der Waals surface area contributed by atoms with Gasteiger partial charge in [-0.3, -0.25) is 4.79 Å². The fourth-order valence-electron chi connectivity index (χ4n) is 2.51. The van der Waals surface area contributed by atoms with Gasteiger partial charge in [-0.25, -0.2) is 0 Å². The van der Waals surface area contributed by atoms with E-state index in [1.165, 1.54) is 11.6 Å². The normalized spacial score (nSPS) is 11.3. The first-order valence-electron chi connectivity index (χ1n) is 7.41. The van der Waals surface area contributed by atoms with Gasteiger partial charge in [0.05, 0.1) is 0 Å². The van der Waals surface area contributed by atoms with Gasteiger partial charge in [-0.1, -0.05) is 36.4 Å². The first-order valence-corrected chi connectivity index (χ1v) is 7.41. The largest absolute Gasteiger partial charge is 0.398 e. The molecule has 0 spiro atoms. The third-order valence-corrected chi connectivity index (χ3v) is 3.55. The van der Waals surface area contributed by atoms with Crippen molar-refractivity contribution in [3.8, 4) is 11.1 Å². The second-order valence-corrected chi connectivity index (χ2v) is 5.84. The lowest BCUT2D eigenvalue weighted by Gasteiger charge is -2.14. The average molecular weight is 306 g/mol. The molecule has 0 amide bonds. The molecule has 0 atom stereocenters. The smallest absolute Gasteiger partial charge is 0.156 e. The summed E-state index contributed by atoms with van der Waals surface area (Å²) >= 11 is 0. The summed E-state index contributed by atoms with van der Waals surface area (Å²) in [5, 5.41) is 0. The number of hydrogen-bond acceptors (Lipinski definition) is 3. The minimum atomic E-state index is -0.251. The van der Waals surface area contributed by atoms with Crippen LogP contribution in [0.25, 0.3) is 17.2 Å². The Hall–Kier alpha value is -2.39. The lowest BCUT2D eigenvalue weighted by molar-refractivity contribution is -0.110. The van der Waals surface area contributed by atoms with Crippen LogP contribution in [-0.2, 0) is 11.3 Å². The highest BCUT2D eigenvalue weighted by atomic mass is 16.1. The van der Waals surface area contributed by atoms with Crippen molar-refractivity contribution in [3.05, 3.63) is 73.0 Å². The molecule has 23 heavy (non-hydrogen) atoms. The standard InChI is InChI=1S/C20H22N2O/c1-14-5-12-19(21)20(18(14)11-6-15(2)23)17-9-7-16(8-10-17)13-22(3)4/h5-12H,1-2,13,21H2,3-4H3/b11-6-. The van der Waals surface area contributed by atoms with Gasteiger partial charge in [0.2, 0.25) is 0 Å². The van der Waals surface area contributed by atoms with E-state index in [1.54, 1.807) is 6.08 Å². The van der Waals surface area contributed by atoms with Crippen LogP contribution in [-0.4, -0.2) is 24.8 Å². The summed E-state index contributed by atoms with van der Waals surface area (Å²) in [5.74, 6) is -0.251. The zero-order valence-electron chi connectivity index (χ0n) is 13.7. The van der Waals surface area contributed by atoms with Crippen molar-refractivity contribution in [1.82, 2.24) is 4.90 Å². The zero-order valence-corrected chi connectivity index (χ0v) is 13.7. The summed E-state index contributed by atoms with van der Waals surface area (Å²) in [5.41, 5.74) is 11.6. The van der Waals surface area contributed by atoms with Gasteiger partial charge in [-0.05, 0) is 55.4 Å². The number of carbonyl (C=O) groups excluding carboxylic acids is 1. The molecule has 2 N–H and O–H groups in total. The monoisotopic (exact) mass is 306 g/mol. The molecule has 0 aromatic heterocycles. The van der Waals surface area contributed by atoms with Crippen LogP contribution in [0.1, 0.15) is 16.7 Å². The summed E-state index contributed by atoms with van der Waals surface area (Å²) in [7, 11) is 4.08. The van der Waals surface area contributed by atoms with Gasteiger partial charge < -0.3 is 10.6 Å². The molecule has 0 saturated heterocycles. The van der Waals surface area contributed by atoms with Crippen LogP contribution in [0, 0.1) is 13.8 Å². The zero-order chi connectivity index (χ0) is 17.0. The quantitative estimate of drug-likeness (QED) is 0.678. The number of nitrogen functional groups attached to an aromatic ring is 1. The van der Waals surface area contributed by atoms with Gasteiger partial charge >= 0.3 is 0 Å². The summed E-state index contributed by atoms with van der Waals surface area (Å²) < 4.78 is 0. The van der Waals surface area contributed by atoms with E-state index in [0.717, 1.165) is 28.8 Å². The summed E-state index contributed by atoms with van der Waals surface area (Å²) in [4.78, 5) is 13.3. The maximum absolute atomic E-state index is 11.2. The van der Waals surface area contributed by atoms with E-state index in [4.69, 9.17) is 5.73 Å². The Morgan fingerprint density at radius 3 is 2.39 bits per heavy atom. The number of carbonyl (C=O) groups is 1. The van der Waals surface area contributed by atoms with E-state index in [9.17, 15) is 4.79 Å². The molecule has 0 aliphatic heterocycles. The van der Waals surface area contributed by atoms with E-state index >= 15 is 0 Å². The van der Waals surface area contributed by atoms with Crippen LogP contribution >= 0.6 is 0 Å². The minimum absolute atomic E-state index is 0.251. The molecule has 2 rings (SSSR count). The fraction of sp³-hybridized carbons (Fsp3) is 0.150. The van der Waals surface area contributed by atoms with Gasteiger partial charge in [0.1, 0.15) is 0 Å². The Labute approximate surface area is 138 Å². The van der Waals surface area contributed by atoms with E-state index in [0.29, 0.717) is 5.69 Å². The second-order valence-electron chi connectivity index (χ2n) is 5.84. The number of nitrogens with zero attached hydrogens (tertiary/aromatic N) is 1. The molecule has 0 bridgehead atoms. The first-order chi connectivity index (χ1) is 10.9. The summed E-state index contributed by atoms with van der Waals surface area (Å²) in [6.45, 7) is 8.29. The van der Waals surface area contributed by atoms with Crippen molar-refractivity contribution in [2.24, 2.45) is 0 Å². The second kappa shape index (κ2) is 7.25. The molecule has 0 saturated carbocycles. The van der Waals surface area contributed by atoms with Crippen molar-refractivity contribution in [2.75, 3.05) is 19.8 Å². The van der Waals surface area contributed by atoms with Crippen LogP contribution in [0.5, 0.6) is 0 Å². The third kappa shape index (κ3) is 4.30. The van der Waals surface area contributed by atoms with E-state index in [1.807, 2.05) is 38.4 Å². The highest BCUT2D eigenvalue weighted by molar-refractivity contribution is 5.98. The Morgan fingerprint density at radius 2 is 1.83 bits per heavy atom. The van der Waals surface area contributed by atoms with Crippen molar-refractivity contribution in [2.45, 2.75) is 6.54 Å². The van der Waals surface area contributed by atoms with E-state index in [2.05, 4.69) is 30.9 Å². The Balaban J connectivity index is 2.49. The predicted octanol–water partition coefficient (Wildman–Crippen LogP) is 3.60. The van der Waals surface area contributed by atoms with Crippen molar-refractivity contribution < 1.29 is 4.79 Å². The first kappa shape index (κ1) is 17.0. The highest BCUT2D eigenvalue weighted by Crippen LogP contribution is 2.33. The number of nitrogens with two attached hydrogens (primary N) is 1. The fourth-order valence-corrected chi connectivity index (χ4v) is 2.51. The van der Waals surface area contributed by atoms with Crippen LogP contribution < -0.4 is 5.73 Å². The molecule has 3 heteroatoms. The van der Waals surface area contributed by atoms with E-state index in [-0.39, 0.29) is 5.78 Å². The van der Waals surface area contributed by atoms with Gasteiger partial charge in [0, 0.05) is 24.7 Å². The molecule has 2 aromatic carbocycles. The van der Waals surface area contributed by atoms with Gasteiger partial charge in [0.25, 0.3) is 0 Å². The molecule has 118 valence electrons. The molecule has 0 unspecified atom stereocenters. The van der Waals surface area contributed by atoms with Crippen molar-refractivity contribution in [3.63, 3.8) is 0 Å². The summed E-state index contributed by atoms with van der Waals surface area (Å²) in [6.07, 6.45) is 3.17. The minimum Gasteiger partial charge on any atom is -0.398 e. The SMILES string of the molecule is [CH2]C(=O)/C=C\c1c([CH2])ccc(N)c1-c1ccc(CN(C)C)cc1. The summed E-state index contributed by atoms with van der Waals surface area (Å²) in [6, 6.07) is 12.0. The van der Waals surface area contributed by atoms with E-state index < -0.39 is 0 Å². The maximum Gasteiger partial charge on any atom is 0.156 e. The predicted molar refractivity (Wildman–Crippen MR) is 97.5 cm³/mol. The van der Waals surface area contributed by atoms with Crippen molar-refractivity contribution in [1.29, 1.82) is 0 Å². The topological polar surface area (TPSA) is 46.3 Å². The number of allylic oxidation sites excluding steroid dienone is 1. The average Bonchev–Trinajstić information content (AvgIpc) is 2.48. The number of rotatable bonds is 5. The van der Waals surface area contributed by atoms with Crippen LogP contribution in [0.2, 0.25) is 0 Å². The highest BCUT2D eigenvalue weighted by Gasteiger charge is 2.10. The van der Waals surface area contributed by atoms with Gasteiger partial charge in [0.15, 0.2) is 5.78 Å². The van der Waals surface area contributed by atoms with Crippen LogP contribution in [0.15, 0.2) is 42.5 Å². The van der Waals surface area contributed by atoms with Crippen LogP contribution in [0.4, 0.5) is 5.69 Å². The Bertz CT molecular complexity index is 728. The lowest BCUT2D eigenvalue weighted by Crippen LogP contribution is -2.10. The molecular weight excluding hydrogens is 284 g/mol. The van der Waals surface area contributed by atoms with Crippen LogP contribution in [0.3, 0.4) is 0 Å². The molecular formula is C20H22N2O. The Morgan fingerprint density at radius 1 is 1.17 bits per heavy atom. The lowest BCUT2D eigenvalue weighted by atomic mass is 9.93. The Kier molecular flexibility index (Phi) is 5.35. The number of hydrogen-bond donors (Lipinski definition) is 1. The molecule has 2 radical (unpaired) electrons. The van der Waals surface area contributed by atoms with Crippen molar-refractivity contribution >= 4 is 17.5 Å². The molecule has 0 fully saturated rings. The molecule has 0 aliphatic rings. The molecule has 2 aromatic rings. The number of ketones is 1. The molecule has 3 nitrogen and oxygen atoms in total. The molecule has 0 heterocycles.